The van der Waals surface area contributed by atoms with Crippen LogP contribution in [0.5, 0.6) is 0 Å². The molecule has 0 aliphatic heterocycles. The van der Waals surface area contributed by atoms with Crippen LogP contribution in [-0.4, -0.2) is 77.5 Å². The number of thioether (sulfide) groups is 1. The summed E-state index contributed by atoms with van der Waals surface area (Å²) in [7, 11) is 0. The Hall–Kier alpha value is -2.54. The van der Waals surface area contributed by atoms with E-state index in [0.29, 0.717) is 18.6 Å². The highest BCUT2D eigenvalue weighted by atomic mass is 32.2. The van der Waals surface area contributed by atoms with Gasteiger partial charge in [0.1, 0.15) is 18.1 Å². The molecule has 10 N–H and O–H groups in total. The lowest BCUT2D eigenvalue weighted by Crippen LogP contribution is -2.57. The van der Waals surface area contributed by atoms with Gasteiger partial charge in [0.05, 0.1) is 6.04 Å². The lowest BCUT2D eigenvalue weighted by molar-refractivity contribution is -0.141. The van der Waals surface area contributed by atoms with Gasteiger partial charge in [0.15, 0.2) is 5.96 Å². The van der Waals surface area contributed by atoms with Crippen molar-refractivity contribution in [1.82, 2.24) is 16.0 Å². The van der Waals surface area contributed by atoms with Gasteiger partial charge >= 0.3 is 5.97 Å². The van der Waals surface area contributed by atoms with Crippen molar-refractivity contribution in [3.05, 3.63) is 0 Å². The molecule has 0 aliphatic rings. The fourth-order valence-electron chi connectivity index (χ4n) is 2.50. The maximum Gasteiger partial charge on any atom is 0.325 e. The van der Waals surface area contributed by atoms with Crippen molar-refractivity contribution in [2.45, 2.75) is 64.2 Å². The highest BCUT2D eigenvalue weighted by Gasteiger charge is 2.29. The first-order chi connectivity index (χ1) is 14.9. The number of hydrogen-bond donors (Lipinski definition) is 7. The van der Waals surface area contributed by atoms with Crippen LogP contribution in [-0.2, 0) is 19.2 Å². The van der Waals surface area contributed by atoms with Crippen molar-refractivity contribution in [1.29, 1.82) is 0 Å². The zero-order valence-electron chi connectivity index (χ0n) is 19.1. The van der Waals surface area contributed by atoms with Crippen LogP contribution in [0.1, 0.15) is 40.0 Å². The zero-order chi connectivity index (χ0) is 24.8. The third-order valence-electron chi connectivity index (χ3n) is 4.57. The number of aliphatic imine (C=N–C) groups is 1. The first kappa shape index (κ1) is 29.5. The van der Waals surface area contributed by atoms with Crippen molar-refractivity contribution in [3.63, 3.8) is 0 Å². The predicted molar refractivity (Wildman–Crippen MR) is 125 cm³/mol. The molecule has 0 spiro atoms. The first-order valence-corrected chi connectivity index (χ1v) is 11.7. The molecule has 0 radical (unpaired) electrons. The quantitative estimate of drug-likeness (QED) is 0.0817. The van der Waals surface area contributed by atoms with E-state index in [-0.39, 0.29) is 24.8 Å². The molecule has 0 bridgehead atoms. The maximum atomic E-state index is 12.9. The minimum Gasteiger partial charge on any atom is -0.480 e. The van der Waals surface area contributed by atoms with E-state index in [1.165, 1.54) is 18.7 Å². The number of amides is 3. The summed E-state index contributed by atoms with van der Waals surface area (Å²) in [5.41, 5.74) is 16.5. The lowest BCUT2D eigenvalue weighted by atomic mass is 10.0. The van der Waals surface area contributed by atoms with Crippen molar-refractivity contribution < 1.29 is 24.3 Å². The lowest BCUT2D eigenvalue weighted by Gasteiger charge is -2.25. The number of carboxylic acid groups (broad SMARTS) is 1. The average Bonchev–Trinajstić information content (AvgIpc) is 2.71. The van der Waals surface area contributed by atoms with Gasteiger partial charge in [-0.15, -0.1) is 0 Å². The summed E-state index contributed by atoms with van der Waals surface area (Å²) < 4.78 is 0. The van der Waals surface area contributed by atoms with Gasteiger partial charge in [-0.05, 0) is 44.1 Å². The molecule has 0 saturated heterocycles. The number of carbonyl (C=O) groups excluding carboxylic acids is 3. The van der Waals surface area contributed by atoms with E-state index in [4.69, 9.17) is 22.3 Å². The smallest absolute Gasteiger partial charge is 0.325 e. The molecule has 3 amide bonds. The minimum atomic E-state index is -1.21. The fraction of sp³-hybridized carbons (Fsp3) is 0.737. The molecule has 0 aromatic carbocycles. The summed E-state index contributed by atoms with van der Waals surface area (Å²) in [6.07, 6.45) is 2.72. The second kappa shape index (κ2) is 15.3. The zero-order valence-corrected chi connectivity index (χ0v) is 19.9. The maximum absolute atomic E-state index is 12.9. The molecule has 0 rings (SSSR count). The summed E-state index contributed by atoms with van der Waals surface area (Å²) in [5.74, 6) is -2.53. The van der Waals surface area contributed by atoms with Gasteiger partial charge < -0.3 is 38.3 Å². The molecule has 0 fully saturated rings. The Bertz CT molecular complexity index is 670. The number of nitrogens with one attached hydrogen (secondary N) is 3. The summed E-state index contributed by atoms with van der Waals surface area (Å²) in [5, 5.41) is 16.6. The number of rotatable bonds is 15. The molecule has 13 heteroatoms. The third-order valence-corrected chi connectivity index (χ3v) is 5.22. The topological polar surface area (TPSA) is 215 Å². The highest BCUT2D eigenvalue weighted by Crippen LogP contribution is 2.06. The number of carboxylic acids is 1. The van der Waals surface area contributed by atoms with E-state index in [9.17, 15) is 19.2 Å². The molecule has 0 aromatic rings. The molecule has 12 nitrogen and oxygen atoms in total. The van der Waals surface area contributed by atoms with Crippen molar-refractivity contribution in [2.75, 3.05) is 18.6 Å². The Morgan fingerprint density at radius 1 is 0.938 bits per heavy atom. The number of guanidine groups is 1. The molecular weight excluding hydrogens is 438 g/mol. The molecule has 32 heavy (non-hydrogen) atoms. The second-order valence-corrected chi connectivity index (χ2v) is 8.68. The van der Waals surface area contributed by atoms with Crippen molar-refractivity contribution in [3.8, 4) is 0 Å². The van der Waals surface area contributed by atoms with E-state index in [1.807, 2.05) is 6.26 Å². The number of hydrogen-bond acceptors (Lipinski definition) is 7. The molecule has 4 unspecified atom stereocenters. The number of nitrogens with zero attached hydrogens (tertiary/aromatic N) is 1. The Kier molecular flexibility index (Phi) is 14.1. The Morgan fingerprint density at radius 2 is 1.47 bits per heavy atom. The SMILES string of the molecule is CSCCC(NC(=O)C(N)C(C)C)C(=O)NC(CCCN=C(N)N)C(=O)NC(C)C(=O)O. The van der Waals surface area contributed by atoms with Crippen LogP contribution >= 0.6 is 11.8 Å². The van der Waals surface area contributed by atoms with Crippen molar-refractivity contribution in [2.24, 2.45) is 28.1 Å². The molecule has 0 aromatic heterocycles. The van der Waals surface area contributed by atoms with Crippen LogP contribution in [0.4, 0.5) is 0 Å². The Labute approximate surface area is 192 Å². The van der Waals surface area contributed by atoms with Crippen LogP contribution in [0.2, 0.25) is 0 Å². The summed E-state index contributed by atoms with van der Waals surface area (Å²) in [6, 6.07) is -3.86. The van der Waals surface area contributed by atoms with Gasteiger partial charge in [-0.25, -0.2) is 0 Å². The standard InChI is InChI=1S/C19H37N7O5S/c1-10(2)14(20)17(29)26-13(7-9-32-4)16(28)25-12(6-5-8-23-19(21)22)15(27)24-11(3)18(30)31/h10-14H,5-9,20H2,1-4H3,(H,24,27)(H,25,28)(H,26,29)(H,30,31)(H4,21,22,23). The molecule has 184 valence electrons. The third kappa shape index (κ3) is 11.7. The van der Waals surface area contributed by atoms with Crippen molar-refractivity contribution >= 4 is 41.4 Å². The van der Waals surface area contributed by atoms with Gasteiger partial charge in [0, 0.05) is 6.54 Å². The normalized spacial score (nSPS) is 14.6. The monoisotopic (exact) mass is 475 g/mol. The van der Waals surface area contributed by atoms with Crippen LogP contribution in [0.25, 0.3) is 0 Å². The van der Waals surface area contributed by atoms with E-state index in [0.717, 1.165) is 0 Å². The average molecular weight is 476 g/mol. The molecule has 0 heterocycles. The summed E-state index contributed by atoms with van der Waals surface area (Å²) >= 11 is 1.50. The van der Waals surface area contributed by atoms with Gasteiger partial charge in [-0.3, -0.25) is 24.2 Å². The molecular formula is C19H37N7O5S. The second-order valence-electron chi connectivity index (χ2n) is 7.69. The van der Waals surface area contributed by atoms with Crippen LogP contribution in [0.15, 0.2) is 4.99 Å². The molecule has 0 saturated carbocycles. The van der Waals surface area contributed by atoms with Gasteiger partial charge in [-0.2, -0.15) is 11.8 Å². The number of nitrogens with two attached hydrogens (primary N) is 3. The summed E-state index contributed by atoms with van der Waals surface area (Å²) in [4.78, 5) is 52.8. The van der Waals surface area contributed by atoms with Gasteiger partial charge in [0.2, 0.25) is 17.7 Å². The molecule has 4 atom stereocenters. The fourth-order valence-corrected chi connectivity index (χ4v) is 2.97. The number of aliphatic carboxylic acids is 1. The predicted octanol–water partition coefficient (Wildman–Crippen LogP) is -1.66. The van der Waals surface area contributed by atoms with Crippen LogP contribution < -0.4 is 33.2 Å². The Morgan fingerprint density at radius 3 is 1.97 bits per heavy atom. The first-order valence-electron chi connectivity index (χ1n) is 10.3. The van der Waals surface area contributed by atoms with Crippen LogP contribution in [0.3, 0.4) is 0 Å². The largest absolute Gasteiger partial charge is 0.480 e. The van der Waals surface area contributed by atoms with E-state index < -0.39 is 47.9 Å². The van der Waals surface area contributed by atoms with Crippen LogP contribution in [0, 0.1) is 5.92 Å². The van der Waals surface area contributed by atoms with Gasteiger partial charge in [-0.1, -0.05) is 13.8 Å². The van der Waals surface area contributed by atoms with Gasteiger partial charge in [0.25, 0.3) is 0 Å². The highest BCUT2D eigenvalue weighted by molar-refractivity contribution is 7.98. The van der Waals surface area contributed by atoms with E-state index in [1.54, 1.807) is 13.8 Å². The number of carbonyl (C=O) groups is 4. The molecule has 0 aliphatic carbocycles. The van der Waals surface area contributed by atoms with E-state index >= 15 is 0 Å². The summed E-state index contributed by atoms with van der Waals surface area (Å²) in [6.45, 7) is 5.13. The Balaban J connectivity index is 5.39. The van der Waals surface area contributed by atoms with E-state index in [2.05, 4.69) is 20.9 Å². The minimum absolute atomic E-state index is 0.101.